The largest absolute Gasteiger partial charge is 0.353 e. The lowest BCUT2D eigenvalue weighted by Crippen LogP contribution is -2.46. The van der Waals surface area contributed by atoms with Crippen LogP contribution in [0.5, 0.6) is 0 Å². The molecule has 3 rings (SSSR count). The van der Waals surface area contributed by atoms with Gasteiger partial charge in [-0.15, -0.1) is 5.10 Å². The molecule has 1 aliphatic heterocycles. The quantitative estimate of drug-likeness (QED) is 0.878. The fourth-order valence-corrected chi connectivity index (χ4v) is 2.63. The van der Waals surface area contributed by atoms with Crippen LogP contribution in [0.15, 0.2) is 10.6 Å². The number of nitrogens with two attached hydrogens (primary N) is 1. The predicted molar refractivity (Wildman–Crippen MR) is 75.2 cm³/mol. The van der Waals surface area contributed by atoms with E-state index in [1.165, 1.54) is 0 Å². The Morgan fingerprint density at radius 1 is 1.55 bits per heavy atom. The molecule has 2 aromatic rings. The van der Waals surface area contributed by atoms with Crippen LogP contribution < -0.4 is 10.6 Å². The van der Waals surface area contributed by atoms with Crippen LogP contribution >= 0.6 is 0 Å². The number of hydrogen-bond donors (Lipinski definition) is 2. The molecular formula is C13H20N6O. The standard InChI is InChI=1S/C13H20N6O/c1-9-6-10(20-18-9)11-15-12(17-16-11)19-5-3-4-13(2,7-14)8-19/h6H,3-5,7-8,14H2,1-2H3,(H,15,16,17). The van der Waals surface area contributed by atoms with E-state index in [0.717, 1.165) is 31.6 Å². The monoisotopic (exact) mass is 276 g/mol. The number of aromatic amines is 1. The number of nitrogens with zero attached hydrogens (tertiary/aromatic N) is 4. The van der Waals surface area contributed by atoms with Gasteiger partial charge in [-0.2, -0.15) is 4.98 Å². The Hall–Kier alpha value is -1.89. The molecule has 0 amide bonds. The van der Waals surface area contributed by atoms with Gasteiger partial charge in [0.05, 0.1) is 5.69 Å². The molecule has 0 aromatic carbocycles. The highest BCUT2D eigenvalue weighted by Crippen LogP contribution is 2.30. The molecule has 1 unspecified atom stereocenters. The minimum Gasteiger partial charge on any atom is -0.353 e. The molecule has 7 heteroatoms. The summed E-state index contributed by atoms with van der Waals surface area (Å²) in [6, 6.07) is 1.84. The van der Waals surface area contributed by atoms with E-state index in [4.69, 9.17) is 10.3 Å². The maximum absolute atomic E-state index is 5.88. The third-order valence-corrected chi connectivity index (χ3v) is 3.89. The summed E-state index contributed by atoms with van der Waals surface area (Å²) >= 11 is 0. The first kappa shape index (κ1) is 13.1. The minimum absolute atomic E-state index is 0.141. The van der Waals surface area contributed by atoms with E-state index in [2.05, 4.69) is 32.2 Å². The van der Waals surface area contributed by atoms with Gasteiger partial charge in [-0.05, 0) is 31.7 Å². The zero-order chi connectivity index (χ0) is 14.2. The van der Waals surface area contributed by atoms with Crippen LogP contribution in [0, 0.1) is 12.3 Å². The third-order valence-electron chi connectivity index (χ3n) is 3.89. The second-order valence-corrected chi connectivity index (χ2v) is 5.86. The minimum atomic E-state index is 0.141. The highest BCUT2D eigenvalue weighted by molar-refractivity contribution is 5.49. The Morgan fingerprint density at radius 3 is 3.10 bits per heavy atom. The van der Waals surface area contributed by atoms with Crippen LogP contribution in [0.4, 0.5) is 5.95 Å². The maximum Gasteiger partial charge on any atom is 0.245 e. The van der Waals surface area contributed by atoms with Crippen molar-refractivity contribution in [1.29, 1.82) is 0 Å². The summed E-state index contributed by atoms with van der Waals surface area (Å²) in [5.41, 5.74) is 6.84. The molecule has 1 fully saturated rings. The van der Waals surface area contributed by atoms with E-state index in [9.17, 15) is 0 Å². The van der Waals surface area contributed by atoms with Crippen LogP contribution in [0.1, 0.15) is 25.5 Å². The average Bonchev–Trinajstić information content (AvgIpc) is 3.07. The lowest BCUT2D eigenvalue weighted by molar-refractivity contribution is 0.270. The van der Waals surface area contributed by atoms with E-state index in [1.54, 1.807) is 0 Å². The second-order valence-electron chi connectivity index (χ2n) is 5.86. The lowest BCUT2D eigenvalue weighted by atomic mass is 9.82. The Labute approximate surface area is 117 Å². The highest BCUT2D eigenvalue weighted by Gasteiger charge is 2.31. The van der Waals surface area contributed by atoms with Gasteiger partial charge >= 0.3 is 0 Å². The van der Waals surface area contributed by atoms with E-state index < -0.39 is 0 Å². The first-order valence-corrected chi connectivity index (χ1v) is 6.91. The van der Waals surface area contributed by atoms with Gasteiger partial charge in [-0.1, -0.05) is 12.1 Å². The molecular weight excluding hydrogens is 256 g/mol. The smallest absolute Gasteiger partial charge is 0.245 e. The van der Waals surface area contributed by atoms with Crippen molar-refractivity contribution in [3.63, 3.8) is 0 Å². The molecule has 1 aliphatic rings. The molecule has 0 radical (unpaired) electrons. The van der Waals surface area contributed by atoms with E-state index in [-0.39, 0.29) is 5.41 Å². The van der Waals surface area contributed by atoms with Crippen molar-refractivity contribution in [3.8, 4) is 11.6 Å². The van der Waals surface area contributed by atoms with Crippen LogP contribution in [0.2, 0.25) is 0 Å². The number of H-pyrrole nitrogens is 1. The molecule has 7 nitrogen and oxygen atoms in total. The molecule has 3 heterocycles. The Kier molecular flexibility index (Phi) is 3.21. The van der Waals surface area contributed by atoms with Gasteiger partial charge < -0.3 is 15.2 Å². The lowest BCUT2D eigenvalue weighted by Gasteiger charge is -2.39. The summed E-state index contributed by atoms with van der Waals surface area (Å²) in [7, 11) is 0. The topological polar surface area (TPSA) is 96.9 Å². The average molecular weight is 276 g/mol. The second kappa shape index (κ2) is 4.90. The van der Waals surface area contributed by atoms with Crippen molar-refractivity contribution >= 4 is 5.95 Å². The predicted octanol–water partition coefficient (Wildman–Crippen LogP) is 1.33. The number of aryl methyl sites for hydroxylation is 1. The number of hydrogen-bond acceptors (Lipinski definition) is 6. The Bertz CT molecular complexity index is 591. The summed E-state index contributed by atoms with van der Waals surface area (Å²) in [5.74, 6) is 1.92. The number of anilines is 1. The fourth-order valence-electron chi connectivity index (χ4n) is 2.63. The van der Waals surface area contributed by atoms with Gasteiger partial charge in [0.2, 0.25) is 11.7 Å². The van der Waals surface area contributed by atoms with Crippen molar-refractivity contribution in [2.75, 3.05) is 24.5 Å². The van der Waals surface area contributed by atoms with E-state index >= 15 is 0 Å². The Balaban J connectivity index is 1.80. The number of nitrogens with one attached hydrogen (secondary N) is 1. The number of rotatable bonds is 3. The van der Waals surface area contributed by atoms with Gasteiger partial charge in [0.1, 0.15) is 0 Å². The van der Waals surface area contributed by atoms with Crippen molar-refractivity contribution in [2.45, 2.75) is 26.7 Å². The van der Waals surface area contributed by atoms with Gasteiger partial charge in [0, 0.05) is 19.2 Å². The van der Waals surface area contributed by atoms with Gasteiger partial charge in [-0.3, -0.25) is 5.10 Å². The van der Waals surface area contributed by atoms with Gasteiger partial charge in [0.15, 0.2) is 5.82 Å². The Morgan fingerprint density at radius 2 is 2.40 bits per heavy atom. The van der Waals surface area contributed by atoms with Gasteiger partial charge in [0.25, 0.3) is 0 Å². The number of aromatic nitrogens is 4. The van der Waals surface area contributed by atoms with Crippen LogP contribution in [-0.2, 0) is 0 Å². The normalized spacial score (nSPS) is 23.2. The maximum atomic E-state index is 5.88. The summed E-state index contributed by atoms with van der Waals surface area (Å²) < 4.78 is 5.19. The van der Waals surface area contributed by atoms with Crippen LogP contribution in [-0.4, -0.2) is 40.0 Å². The SMILES string of the molecule is Cc1cc(-c2nc(N3CCCC(C)(CN)C3)n[nH]2)on1. The summed E-state index contributed by atoms with van der Waals surface area (Å²) in [6.45, 7) is 6.62. The zero-order valence-corrected chi connectivity index (χ0v) is 11.9. The molecule has 1 atom stereocenters. The molecule has 3 N–H and O–H groups in total. The zero-order valence-electron chi connectivity index (χ0n) is 11.9. The molecule has 108 valence electrons. The van der Waals surface area contributed by atoms with E-state index in [1.807, 2.05) is 13.0 Å². The summed E-state index contributed by atoms with van der Waals surface area (Å²) in [5, 5.41) is 11.1. The van der Waals surface area contributed by atoms with Crippen LogP contribution in [0.25, 0.3) is 11.6 Å². The first-order chi connectivity index (χ1) is 9.59. The molecule has 1 saturated heterocycles. The molecule has 0 spiro atoms. The molecule has 0 bridgehead atoms. The fraction of sp³-hybridized carbons (Fsp3) is 0.615. The van der Waals surface area contributed by atoms with Crippen molar-refractivity contribution in [2.24, 2.45) is 11.1 Å². The van der Waals surface area contributed by atoms with Gasteiger partial charge in [-0.25, -0.2) is 0 Å². The van der Waals surface area contributed by atoms with Crippen molar-refractivity contribution in [3.05, 3.63) is 11.8 Å². The summed E-state index contributed by atoms with van der Waals surface area (Å²) in [6.07, 6.45) is 2.26. The van der Waals surface area contributed by atoms with Crippen molar-refractivity contribution < 1.29 is 4.52 Å². The first-order valence-electron chi connectivity index (χ1n) is 6.91. The number of piperidine rings is 1. The van der Waals surface area contributed by atoms with Crippen molar-refractivity contribution in [1.82, 2.24) is 20.3 Å². The molecule has 20 heavy (non-hydrogen) atoms. The molecule has 0 saturated carbocycles. The highest BCUT2D eigenvalue weighted by atomic mass is 16.5. The molecule has 2 aromatic heterocycles. The molecule has 0 aliphatic carbocycles. The van der Waals surface area contributed by atoms with Crippen LogP contribution in [0.3, 0.4) is 0 Å². The third kappa shape index (κ3) is 2.40. The van der Waals surface area contributed by atoms with E-state index in [0.29, 0.717) is 24.1 Å². The summed E-state index contributed by atoms with van der Waals surface area (Å²) in [4.78, 5) is 6.68.